The molecule has 3 aromatic carbocycles. The average Bonchev–Trinajstić information content (AvgIpc) is 2.85. The quantitative estimate of drug-likeness (QED) is 0.228. The first-order valence-electron chi connectivity index (χ1n) is 10.9. The maximum absolute atomic E-state index is 11.7. The highest BCUT2D eigenvalue weighted by Crippen LogP contribution is 2.32. The second-order valence-corrected chi connectivity index (χ2v) is 9.04. The Hall–Kier alpha value is -4.00. The number of aliphatic hydroxyl groups excluding tert-OH is 1. The highest BCUT2D eigenvalue weighted by molar-refractivity contribution is 7.85. The zero-order valence-corrected chi connectivity index (χ0v) is 20.4. The summed E-state index contributed by atoms with van der Waals surface area (Å²) in [4.78, 5) is 11.4. The van der Waals surface area contributed by atoms with Crippen molar-refractivity contribution < 1.29 is 27.6 Å². The topological polar surface area (TPSA) is 162 Å². The molecule has 0 spiro atoms. The maximum atomic E-state index is 11.7. The zero-order valence-electron chi connectivity index (χ0n) is 19.6. The molecular formula is C24H25N5O6S. The number of hydrogen-bond donors (Lipinski definition) is 3. The second-order valence-electron chi connectivity index (χ2n) is 7.62. The number of hydrogen-bond acceptors (Lipinski definition) is 9. The summed E-state index contributed by atoms with van der Waals surface area (Å²) in [7, 11) is -4.38. The number of aliphatic hydroxyl groups is 1. The lowest BCUT2D eigenvalue weighted by Gasteiger charge is -2.09. The van der Waals surface area contributed by atoms with Gasteiger partial charge < -0.3 is 15.2 Å². The van der Waals surface area contributed by atoms with Crippen LogP contribution in [0.3, 0.4) is 0 Å². The SMILES string of the molecule is CCC(O)COc1ccc(N=Nc2ccc(N=Nc3cccc(S(=O)(=O)O)c3)c(NC(C)=O)c2)cc1. The van der Waals surface area contributed by atoms with Crippen LogP contribution < -0.4 is 10.1 Å². The molecule has 1 atom stereocenters. The van der Waals surface area contributed by atoms with Crippen molar-refractivity contribution in [3.63, 3.8) is 0 Å². The number of anilines is 1. The lowest BCUT2D eigenvalue weighted by atomic mass is 10.2. The molecule has 3 rings (SSSR count). The molecule has 0 heterocycles. The Bertz CT molecular complexity index is 1370. The third-order valence-electron chi connectivity index (χ3n) is 4.71. The van der Waals surface area contributed by atoms with Crippen molar-refractivity contribution in [1.82, 2.24) is 0 Å². The van der Waals surface area contributed by atoms with Gasteiger partial charge in [0.05, 0.1) is 33.7 Å². The summed E-state index contributed by atoms with van der Waals surface area (Å²) in [6, 6.07) is 17.0. The lowest BCUT2D eigenvalue weighted by molar-refractivity contribution is -0.114. The standard InChI is InChI=1S/C24H25N5O6S/c1-3-20(31)15-35-21-10-7-17(8-11-21)26-27-19-9-12-23(24(14-19)25-16(2)30)29-28-18-5-4-6-22(13-18)36(32,33)34/h4-14,20,31H,3,15H2,1-2H3,(H,25,30)(H,32,33,34). The van der Waals surface area contributed by atoms with E-state index in [1.807, 2.05) is 6.92 Å². The molecule has 0 radical (unpaired) electrons. The molecule has 3 N–H and O–H groups in total. The van der Waals surface area contributed by atoms with Crippen LogP contribution in [0.2, 0.25) is 0 Å². The number of ether oxygens (including phenoxy) is 1. The average molecular weight is 512 g/mol. The van der Waals surface area contributed by atoms with E-state index in [9.17, 15) is 22.9 Å². The third-order valence-corrected chi connectivity index (χ3v) is 5.56. The Morgan fingerprint density at radius 1 is 0.944 bits per heavy atom. The number of benzene rings is 3. The molecule has 188 valence electrons. The van der Waals surface area contributed by atoms with Crippen LogP contribution in [0.1, 0.15) is 20.3 Å². The van der Waals surface area contributed by atoms with E-state index in [4.69, 9.17) is 4.74 Å². The van der Waals surface area contributed by atoms with Crippen LogP contribution in [0.4, 0.5) is 28.4 Å². The van der Waals surface area contributed by atoms with Crippen LogP contribution in [-0.2, 0) is 14.9 Å². The van der Waals surface area contributed by atoms with Gasteiger partial charge in [0.2, 0.25) is 5.91 Å². The summed E-state index contributed by atoms with van der Waals surface area (Å²) < 4.78 is 37.3. The Morgan fingerprint density at radius 2 is 1.58 bits per heavy atom. The van der Waals surface area contributed by atoms with Crippen LogP contribution in [0, 0.1) is 0 Å². The van der Waals surface area contributed by atoms with Gasteiger partial charge in [0.25, 0.3) is 10.1 Å². The van der Waals surface area contributed by atoms with Crippen molar-refractivity contribution in [3.05, 3.63) is 66.7 Å². The highest BCUT2D eigenvalue weighted by Gasteiger charge is 2.10. The van der Waals surface area contributed by atoms with Gasteiger partial charge in [-0.05, 0) is 67.1 Å². The van der Waals surface area contributed by atoms with E-state index in [1.54, 1.807) is 42.5 Å². The summed E-state index contributed by atoms with van der Waals surface area (Å²) in [6.45, 7) is 3.42. The van der Waals surface area contributed by atoms with Gasteiger partial charge in [-0.1, -0.05) is 13.0 Å². The first kappa shape index (κ1) is 26.6. The van der Waals surface area contributed by atoms with E-state index in [2.05, 4.69) is 25.8 Å². The number of carbonyl (C=O) groups excluding carboxylic acids is 1. The number of nitrogens with one attached hydrogen (secondary N) is 1. The molecule has 0 aromatic heterocycles. The third kappa shape index (κ3) is 8.05. The molecule has 1 unspecified atom stereocenters. The minimum Gasteiger partial charge on any atom is -0.491 e. The van der Waals surface area contributed by atoms with Crippen molar-refractivity contribution >= 4 is 44.5 Å². The summed E-state index contributed by atoms with van der Waals surface area (Å²) in [5.41, 5.74) is 1.84. The smallest absolute Gasteiger partial charge is 0.294 e. The van der Waals surface area contributed by atoms with Crippen molar-refractivity contribution in [1.29, 1.82) is 0 Å². The Kier molecular flexibility index (Phi) is 8.95. The number of rotatable bonds is 10. The fourth-order valence-electron chi connectivity index (χ4n) is 2.82. The highest BCUT2D eigenvalue weighted by atomic mass is 32.2. The molecule has 12 heteroatoms. The van der Waals surface area contributed by atoms with Crippen LogP contribution in [0.5, 0.6) is 5.75 Å². The van der Waals surface area contributed by atoms with Crippen LogP contribution in [0.15, 0.2) is 92.1 Å². The predicted molar refractivity (Wildman–Crippen MR) is 134 cm³/mol. The van der Waals surface area contributed by atoms with E-state index in [0.717, 1.165) is 0 Å². The summed E-state index contributed by atoms with van der Waals surface area (Å²) in [5, 5.41) is 28.7. The van der Waals surface area contributed by atoms with Gasteiger partial charge in [0.1, 0.15) is 18.0 Å². The molecule has 0 aliphatic carbocycles. The van der Waals surface area contributed by atoms with Gasteiger partial charge in [-0.15, -0.1) is 5.11 Å². The van der Waals surface area contributed by atoms with Crippen molar-refractivity contribution in [2.24, 2.45) is 20.5 Å². The van der Waals surface area contributed by atoms with E-state index in [1.165, 1.54) is 31.2 Å². The fraction of sp³-hybridized carbons (Fsp3) is 0.208. The molecule has 0 aliphatic heterocycles. The van der Waals surface area contributed by atoms with Crippen LogP contribution >= 0.6 is 0 Å². The largest absolute Gasteiger partial charge is 0.491 e. The van der Waals surface area contributed by atoms with Gasteiger partial charge in [0.15, 0.2) is 0 Å². The van der Waals surface area contributed by atoms with Crippen molar-refractivity contribution in [3.8, 4) is 5.75 Å². The van der Waals surface area contributed by atoms with Crippen molar-refractivity contribution in [2.75, 3.05) is 11.9 Å². The monoisotopic (exact) mass is 511 g/mol. The molecule has 1 amide bonds. The summed E-state index contributed by atoms with van der Waals surface area (Å²) in [6.07, 6.45) is 0.0836. The van der Waals surface area contributed by atoms with Crippen LogP contribution in [0.25, 0.3) is 0 Å². The van der Waals surface area contributed by atoms with Crippen molar-refractivity contribution in [2.45, 2.75) is 31.3 Å². The number of carbonyl (C=O) groups is 1. The molecule has 0 saturated carbocycles. The fourth-order valence-corrected chi connectivity index (χ4v) is 3.34. The van der Waals surface area contributed by atoms with Gasteiger partial charge in [0, 0.05) is 6.92 Å². The lowest BCUT2D eigenvalue weighted by Crippen LogP contribution is -2.15. The van der Waals surface area contributed by atoms with Crippen LogP contribution in [-0.4, -0.2) is 36.7 Å². The van der Waals surface area contributed by atoms with E-state index < -0.39 is 16.2 Å². The normalized spacial score (nSPS) is 12.7. The Labute approximate surface area is 208 Å². The molecular weight excluding hydrogens is 486 g/mol. The minimum absolute atomic E-state index is 0.194. The minimum atomic E-state index is -4.38. The summed E-state index contributed by atoms with van der Waals surface area (Å²) in [5.74, 6) is 0.268. The summed E-state index contributed by atoms with van der Waals surface area (Å²) >= 11 is 0. The molecule has 0 saturated heterocycles. The Balaban J connectivity index is 1.77. The Morgan fingerprint density at radius 3 is 2.25 bits per heavy atom. The first-order valence-corrected chi connectivity index (χ1v) is 12.3. The van der Waals surface area contributed by atoms with Gasteiger partial charge in [-0.2, -0.15) is 23.8 Å². The van der Waals surface area contributed by atoms with E-state index in [0.29, 0.717) is 34.9 Å². The second kappa shape index (κ2) is 12.1. The van der Waals surface area contributed by atoms with Gasteiger partial charge in [-0.25, -0.2) is 0 Å². The molecule has 3 aromatic rings. The molecule has 0 fully saturated rings. The maximum Gasteiger partial charge on any atom is 0.294 e. The van der Waals surface area contributed by atoms with E-state index >= 15 is 0 Å². The molecule has 0 bridgehead atoms. The van der Waals surface area contributed by atoms with Gasteiger partial charge >= 0.3 is 0 Å². The molecule has 36 heavy (non-hydrogen) atoms. The number of amides is 1. The van der Waals surface area contributed by atoms with Gasteiger partial charge in [-0.3, -0.25) is 9.35 Å². The van der Waals surface area contributed by atoms with E-state index in [-0.39, 0.29) is 23.1 Å². The first-order chi connectivity index (χ1) is 17.1. The molecule has 0 aliphatic rings. The predicted octanol–water partition coefficient (Wildman–Crippen LogP) is 5.87. The number of nitrogens with zero attached hydrogens (tertiary/aromatic N) is 4. The molecule has 11 nitrogen and oxygen atoms in total. The number of azo groups is 2. The zero-order chi connectivity index (χ0) is 26.1.